The van der Waals surface area contributed by atoms with Gasteiger partial charge in [0.2, 0.25) is 0 Å². The Morgan fingerprint density at radius 1 is 0.688 bits per heavy atom. The quantitative estimate of drug-likeness (QED) is 0.655. The van der Waals surface area contributed by atoms with E-state index in [4.69, 9.17) is 15.3 Å². The molecule has 0 aliphatic carbocycles. The maximum atomic E-state index is 10.6. The van der Waals surface area contributed by atoms with Crippen LogP contribution in [0.2, 0.25) is 0 Å². The van der Waals surface area contributed by atoms with Crippen molar-refractivity contribution in [1.29, 1.82) is 0 Å². The van der Waals surface area contributed by atoms with Gasteiger partial charge in [0.05, 0.1) is 16.7 Å². The van der Waals surface area contributed by atoms with Gasteiger partial charge in [0.1, 0.15) is 0 Å². The molecule has 6 nitrogen and oxygen atoms in total. The van der Waals surface area contributed by atoms with Crippen molar-refractivity contribution in [2.45, 2.75) is 0 Å². The fraction of sp³-hybridized carbons (Fsp3) is 0. The third-order valence-corrected chi connectivity index (χ3v) is 1.67. The summed E-state index contributed by atoms with van der Waals surface area (Å²) in [5.74, 6) is -4.12. The summed E-state index contributed by atoms with van der Waals surface area (Å²) in [5, 5.41) is 25.8. The van der Waals surface area contributed by atoms with Gasteiger partial charge in [-0.15, -0.1) is 0 Å². The third-order valence-electron chi connectivity index (χ3n) is 1.67. The molecule has 0 bridgehead atoms. The zero-order valence-electron chi connectivity index (χ0n) is 7.30. The van der Waals surface area contributed by atoms with Gasteiger partial charge >= 0.3 is 66.8 Å². The minimum atomic E-state index is -1.37. The molecule has 82 valence electrons. The van der Waals surface area contributed by atoms with Crippen LogP contribution in [0.5, 0.6) is 0 Å². The number of carbonyl (C=O) groups is 3. The summed E-state index contributed by atoms with van der Waals surface area (Å²) >= 11 is 0. The van der Waals surface area contributed by atoms with Crippen molar-refractivity contribution >= 4 is 66.8 Å². The molecular formula is C9H8BaO6. The molecule has 0 spiro atoms. The predicted molar refractivity (Wildman–Crippen MR) is 55.9 cm³/mol. The number of carboxylic acids is 3. The monoisotopic (exact) mass is 350 g/mol. The van der Waals surface area contributed by atoms with Crippen LogP contribution in [0.1, 0.15) is 31.1 Å². The Balaban J connectivity index is 0.00000225. The van der Waals surface area contributed by atoms with E-state index < -0.39 is 17.9 Å². The Hall–Kier alpha value is -0.799. The summed E-state index contributed by atoms with van der Waals surface area (Å²) in [5.41, 5.74) is -1.10. The molecule has 0 heterocycles. The molecule has 1 aromatic rings. The van der Waals surface area contributed by atoms with Crippen LogP contribution in [-0.4, -0.2) is 82.1 Å². The molecule has 0 fully saturated rings. The topological polar surface area (TPSA) is 112 Å². The summed E-state index contributed by atoms with van der Waals surface area (Å²) in [7, 11) is 0. The maximum absolute atomic E-state index is 10.6. The van der Waals surface area contributed by atoms with Gasteiger partial charge in [-0.25, -0.2) is 14.4 Å². The summed E-state index contributed by atoms with van der Waals surface area (Å²) in [6.07, 6.45) is 0. The van der Waals surface area contributed by atoms with Gasteiger partial charge in [0, 0.05) is 0 Å². The second-order valence-electron chi connectivity index (χ2n) is 2.71. The van der Waals surface area contributed by atoms with E-state index in [2.05, 4.69) is 0 Å². The number of hydrogen-bond acceptors (Lipinski definition) is 3. The minimum absolute atomic E-state index is 0. The Bertz CT molecular complexity index is 374. The van der Waals surface area contributed by atoms with Crippen LogP contribution >= 0.6 is 0 Å². The van der Waals surface area contributed by atoms with Gasteiger partial charge in [-0.2, -0.15) is 0 Å². The Morgan fingerprint density at radius 3 is 1.00 bits per heavy atom. The molecule has 0 aromatic heterocycles. The van der Waals surface area contributed by atoms with Crippen LogP contribution in [0.4, 0.5) is 0 Å². The molecule has 0 saturated carbocycles. The van der Waals surface area contributed by atoms with Crippen LogP contribution in [0.3, 0.4) is 0 Å². The molecule has 0 amide bonds. The van der Waals surface area contributed by atoms with Gasteiger partial charge in [-0.3, -0.25) is 0 Å². The van der Waals surface area contributed by atoms with Crippen LogP contribution in [0, 0.1) is 0 Å². The van der Waals surface area contributed by atoms with Crippen molar-refractivity contribution in [3.8, 4) is 0 Å². The van der Waals surface area contributed by atoms with E-state index in [1.807, 2.05) is 0 Å². The fourth-order valence-electron chi connectivity index (χ4n) is 0.998. The van der Waals surface area contributed by atoms with E-state index in [-0.39, 0.29) is 65.6 Å². The zero-order valence-corrected chi connectivity index (χ0v) is 7.30. The number of rotatable bonds is 3. The van der Waals surface area contributed by atoms with E-state index in [1.54, 1.807) is 0 Å². The Kier molecular flexibility index (Phi) is 5.76. The second kappa shape index (κ2) is 6.06. The van der Waals surface area contributed by atoms with Gasteiger partial charge in [0.25, 0.3) is 0 Å². The zero-order chi connectivity index (χ0) is 11.6. The fourth-order valence-corrected chi connectivity index (χ4v) is 0.998. The van der Waals surface area contributed by atoms with Crippen LogP contribution in [0.15, 0.2) is 18.2 Å². The molecule has 0 radical (unpaired) electrons. The summed E-state index contributed by atoms with van der Waals surface area (Å²) in [6, 6.07) is 2.70. The standard InChI is InChI=1S/C9H6O6.Ba.2H/c10-7(11)4-1-5(8(12)13)3-6(2-4)9(14)15;;;/h1-3H,(H,10,11)(H,12,13)(H,14,15);;;. The van der Waals surface area contributed by atoms with E-state index in [9.17, 15) is 14.4 Å². The molecule has 3 N–H and O–H groups in total. The van der Waals surface area contributed by atoms with E-state index in [0.29, 0.717) is 0 Å². The number of hydrogen-bond donors (Lipinski definition) is 3. The van der Waals surface area contributed by atoms with Crippen molar-refractivity contribution in [3.63, 3.8) is 0 Å². The molecule has 0 aliphatic rings. The van der Waals surface area contributed by atoms with Crippen molar-refractivity contribution in [2.75, 3.05) is 0 Å². The molecular weight excluding hydrogens is 341 g/mol. The average Bonchev–Trinajstić information content (AvgIpc) is 2.16. The van der Waals surface area contributed by atoms with Crippen molar-refractivity contribution in [3.05, 3.63) is 34.9 Å². The Labute approximate surface area is 130 Å². The number of benzene rings is 1. The molecule has 1 rings (SSSR count). The average molecular weight is 349 g/mol. The van der Waals surface area contributed by atoms with Crippen LogP contribution < -0.4 is 0 Å². The summed E-state index contributed by atoms with van der Waals surface area (Å²) in [4.78, 5) is 31.7. The van der Waals surface area contributed by atoms with E-state index in [0.717, 1.165) is 18.2 Å². The van der Waals surface area contributed by atoms with Gasteiger partial charge in [-0.1, -0.05) is 0 Å². The number of carboxylic acid groups (broad SMARTS) is 3. The molecule has 0 aliphatic heterocycles. The van der Waals surface area contributed by atoms with Gasteiger partial charge < -0.3 is 15.3 Å². The SMILES string of the molecule is O=C(O)c1cc(C(=O)O)cc(C(=O)O)c1.[BaH2]. The molecule has 0 saturated heterocycles. The van der Waals surface area contributed by atoms with Crippen LogP contribution in [-0.2, 0) is 0 Å². The molecule has 7 heteroatoms. The second-order valence-corrected chi connectivity index (χ2v) is 2.71. The van der Waals surface area contributed by atoms with E-state index >= 15 is 0 Å². The molecule has 1 aromatic carbocycles. The van der Waals surface area contributed by atoms with Crippen molar-refractivity contribution in [2.24, 2.45) is 0 Å². The molecule has 0 atom stereocenters. The van der Waals surface area contributed by atoms with Crippen LogP contribution in [0.25, 0.3) is 0 Å². The van der Waals surface area contributed by atoms with Crippen molar-refractivity contribution in [1.82, 2.24) is 0 Å². The molecule has 0 unspecified atom stereocenters. The van der Waals surface area contributed by atoms with Crippen molar-refractivity contribution < 1.29 is 29.7 Å². The van der Waals surface area contributed by atoms with Gasteiger partial charge in [-0.05, 0) is 18.2 Å². The first-order valence-corrected chi connectivity index (χ1v) is 3.77. The first-order valence-electron chi connectivity index (χ1n) is 3.77. The Morgan fingerprint density at radius 2 is 0.875 bits per heavy atom. The number of aromatic carboxylic acids is 3. The predicted octanol–water partition coefficient (Wildman–Crippen LogP) is -0.135. The third kappa shape index (κ3) is 3.65. The van der Waals surface area contributed by atoms with Gasteiger partial charge in [0.15, 0.2) is 0 Å². The first-order chi connectivity index (χ1) is 6.91. The summed E-state index contributed by atoms with van der Waals surface area (Å²) < 4.78 is 0. The summed E-state index contributed by atoms with van der Waals surface area (Å²) in [6.45, 7) is 0. The first kappa shape index (κ1) is 15.2. The normalized spacial score (nSPS) is 9.00. The molecule has 16 heavy (non-hydrogen) atoms. The van der Waals surface area contributed by atoms with E-state index in [1.165, 1.54) is 0 Å².